The summed E-state index contributed by atoms with van der Waals surface area (Å²) < 4.78 is 0. The van der Waals surface area contributed by atoms with Crippen molar-refractivity contribution < 1.29 is 0 Å². The van der Waals surface area contributed by atoms with Gasteiger partial charge in [-0.15, -0.1) is 11.3 Å². The first-order valence-electron chi connectivity index (χ1n) is 8.89. The van der Waals surface area contributed by atoms with Gasteiger partial charge < -0.3 is 5.32 Å². The highest BCUT2D eigenvalue weighted by Gasteiger charge is 2.20. The zero-order chi connectivity index (χ0) is 15.9. The monoisotopic (exact) mass is 325 g/mol. The summed E-state index contributed by atoms with van der Waals surface area (Å²) in [6.45, 7) is 3.39. The Morgan fingerprint density at radius 3 is 2.70 bits per heavy atom. The molecule has 0 aliphatic heterocycles. The van der Waals surface area contributed by atoms with Gasteiger partial charge in [0.15, 0.2) is 0 Å². The molecule has 1 fully saturated rings. The lowest BCUT2D eigenvalue weighted by Crippen LogP contribution is -2.14. The molecular formula is C21H27NS. The van der Waals surface area contributed by atoms with Crippen LogP contribution >= 0.6 is 11.3 Å². The van der Waals surface area contributed by atoms with Crippen molar-refractivity contribution in [3.05, 3.63) is 64.4 Å². The van der Waals surface area contributed by atoms with E-state index >= 15 is 0 Å². The van der Waals surface area contributed by atoms with E-state index in [0.29, 0.717) is 5.92 Å². The minimum atomic E-state index is 0.638. The Hall–Kier alpha value is -1.54. The highest BCUT2D eigenvalue weighted by atomic mass is 32.1. The summed E-state index contributed by atoms with van der Waals surface area (Å²) in [5.74, 6) is 1.62. The largest absolute Gasteiger partial charge is 0.385 e. The molecule has 122 valence electrons. The molecule has 3 rings (SSSR count). The van der Waals surface area contributed by atoms with E-state index < -0.39 is 0 Å². The van der Waals surface area contributed by atoms with Crippen LogP contribution in [-0.2, 0) is 0 Å². The average molecular weight is 326 g/mol. The number of hydrogen-bond acceptors (Lipinski definition) is 2. The van der Waals surface area contributed by atoms with Crippen LogP contribution in [0.4, 0.5) is 0 Å². The van der Waals surface area contributed by atoms with E-state index in [2.05, 4.69) is 66.2 Å². The van der Waals surface area contributed by atoms with Gasteiger partial charge in [0, 0.05) is 17.1 Å². The number of benzene rings is 1. The second kappa shape index (κ2) is 8.35. The average Bonchev–Trinajstić information content (AvgIpc) is 3.26. The second-order valence-electron chi connectivity index (χ2n) is 6.50. The highest BCUT2D eigenvalue weighted by molar-refractivity contribution is 7.10. The molecule has 1 aromatic heterocycles. The third-order valence-corrected chi connectivity index (χ3v) is 5.73. The summed E-state index contributed by atoms with van der Waals surface area (Å²) in [6, 6.07) is 15.2. The van der Waals surface area contributed by atoms with Crippen molar-refractivity contribution in [3.63, 3.8) is 0 Å². The lowest BCUT2D eigenvalue weighted by molar-refractivity contribution is 0.675. The highest BCUT2D eigenvalue weighted by Crippen LogP contribution is 2.32. The predicted octanol–water partition coefficient (Wildman–Crippen LogP) is 6.06. The van der Waals surface area contributed by atoms with Crippen LogP contribution in [0.2, 0.25) is 0 Å². The molecule has 1 unspecified atom stereocenters. The molecule has 0 amide bonds. The van der Waals surface area contributed by atoms with Gasteiger partial charge in [0.1, 0.15) is 0 Å². The molecule has 1 aliphatic rings. The summed E-state index contributed by atoms with van der Waals surface area (Å²) >= 11 is 1.88. The number of allylic oxidation sites excluding steroid dienone is 1. The zero-order valence-corrected chi connectivity index (χ0v) is 14.8. The van der Waals surface area contributed by atoms with Crippen LogP contribution < -0.4 is 5.32 Å². The maximum absolute atomic E-state index is 3.70. The lowest BCUT2D eigenvalue weighted by Gasteiger charge is -2.15. The Morgan fingerprint density at radius 1 is 1.22 bits per heavy atom. The van der Waals surface area contributed by atoms with Crippen molar-refractivity contribution in [3.8, 4) is 0 Å². The first-order chi connectivity index (χ1) is 11.4. The Kier molecular flexibility index (Phi) is 5.93. The summed E-state index contributed by atoms with van der Waals surface area (Å²) in [5, 5.41) is 5.88. The third kappa shape index (κ3) is 4.97. The molecule has 1 saturated carbocycles. The molecule has 0 bridgehead atoms. The lowest BCUT2D eigenvalue weighted by atomic mass is 9.98. The van der Waals surface area contributed by atoms with Gasteiger partial charge in [0.25, 0.3) is 0 Å². The number of thiophene rings is 1. The van der Waals surface area contributed by atoms with Crippen LogP contribution in [0.15, 0.2) is 53.9 Å². The van der Waals surface area contributed by atoms with Crippen molar-refractivity contribution in [2.75, 3.05) is 6.54 Å². The van der Waals surface area contributed by atoms with Gasteiger partial charge in [-0.05, 0) is 48.1 Å². The summed E-state index contributed by atoms with van der Waals surface area (Å²) in [5.41, 5.74) is 2.62. The van der Waals surface area contributed by atoms with E-state index in [1.165, 1.54) is 41.8 Å². The first-order valence-corrected chi connectivity index (χ1v) is 9.77. The van der Waals surface area contributed by atoms with Crippen LogP contribution in [0.1, 0.15) is 55.4 Å². The molecule has 1 aliphatic carbocycles. The summed E-state index contributed by atoms with van der Waals surface area (Å²) in [6.07, 6.45) is 8.89. The molecule has 23 heavy (non-hydrogen) atoms. The zero-order valence-electron chi connectivity index (χ0n) is 14.0. The molecular weight excluding hydrogens is 298 g/mol. The number of nitrogens with one attached hydrogen (secondary N) is 1. The Morgan fingerprint density at radius 2 is 2.04 bits per heavy atom. The van der Waals surface area contributed by atoms with Gasteiger partial charge >= 0.3 is 0 Å². The van der Waals surface area contributed by atoms with E-state index in [9.17, 15) is 0 Å². The maximum Gasteiger partial charge on any atom is 0.0373 e. The third-order valence-electron chi connectivity index (χ3n) is 4.69. The molecule has 1 atom stereocenters. The van der Waals surface area contributed by atoms with Crippen LogP contribution in [0.25, 0.3) is 5.70 Å². The topological polar surface area (TPSA) is 12.0 Å². The molecule has 1 nitrogen and oxygen atoms in total. The maximum atomic E-state index is 3.70. The van der Waals surface area contributed by atoms with Crippen LogP contribution in [0.5, 0.6) is 0 Å². The van der Waals surface area contributed by atoms with Crippen LogP contribution in [-0.4, -0.2) is 6.54 Å². The number of hydrogen-bond donors (Lipinski definition) is 1. The smallest absolute Gasteiger partial charge is 0.0373 e. The first kappa shape index (κ1) is 16.3. The normalized spacial score (nSPS) is 16.3. The van der Waals surface area contributed by atoms with E-state index in [1.54, 1.807) is 0 Å². The fourth-order valence-corrected chi connectivity index (χ4v) is 3.92. The molecule has 1 N–H and O–H groups in total. The van der Waals surface area contributed by atoms with E-state index in [-0.39, 0.29) is 0 Å². The van der Waals surface area contributed by atoms with Crippen molar-refractivity contribution >= 4 is 17.0 Å². The van der Waals surface area contributed by atoms with Gasteiger partial charge in [0.2, 0.25) is 0 Å². The fraction of sp³-hybridized carbons (Fsp3) is 0.429. The Balaban J connectivity index is 1.67. The van der Waals surface area contributed by atoms with Crippen molar-refractivity contribution in [1.29, 1.82) is 0 Å². The molecule has 0 radical (unpaired) electrons. The minimum absolute atomic E-state index is 0.638. The van der Waals surface area contributed by atoms with Gasteiger partial charge in [-0.1, -0.05) is 62.2 Å². The SMILES string of the molecule is CCC(C/C=C(\NCCC1CC1)c1ccccc1)c1cccs1. The minimum Gasteiger partial charge on any atom is -0.385 e. The second-order valence-corrected chi connectivity index (χ2v) is 7.48. The number of rotatable bonds is 9. The predicted molar refractivity (Wildman–Crippen MR) is 102 cm³/mol. The summed E-state index contributed by atoms with van der Waals surface area (Å²) in [4.78, 5) is 1.51. The van der Waals surface area contributed by atoms with Crippen molar-refractivity contribution in [1.82, 2.24) is 5.32 Å². The molecule has 2 aromatic rings. The van der Waals surface area contributed by atoms with Gasteiger partial charge in [-0.2, -0.15) is 0 Å². The molecule has 2 heteroatoms. The quantitative estimate of drug-likeness (QED) is 0.590. The van der Waals surface area contributed by atoms with Gasteiger partial charge in [-0.3, -0.25) is 0 Å². The van der Waals surface area contributed by atoms with E-state index in [0.717, 1.165) is 18.9 Å². The van der Waals surface area contributed by atoms with Crippen molar-refractivity contribution in [2.24, 2.45) is 5.92 Å². The molecule has 1 heterocycles. The van der Waals surface area contributed by atoms with Crippen LogP contribution in [0.3, 0.4) is 0 Å². The molecule has 0 saturated heterocycles. The summed E-state index contributed by atoms with van der Waals surface area (Å²) in [7, 11) is 0. The van der Waals surface area contributed by atoms with Gasteiger partial charge in [0.05, 0.1) is 0 Å². The van der Waals surface area contributed by atoms with Crippen LogP contribution in [0, 0.1) is 5.92 Å². The molecule has 0 spiro atoms. The fourth-order valence-electron chi connectivity index (χ4n) is 2.99. The standard InChI is InChI=1S/C21H27NS/c1-2-18(21-9-6-16-23-21)12-13-20(19-7-4-3-5-8-19)22-15-14-17-10-11-17/h3-9,13,16-18,22H,2,10-12,14-15H2,1H3/b20-13-. The van der Waals surface area contributed by atoms with Crippen molar-refractivity contribution in [2.45, 2.75) is 44.9 Å². The Labute approximate surface area is 144 Å². The molecule has 1 aromatic carbocycles. The van der Waals surface area contributed by atoms with E-state index in [4.69, 9.17) is 0 Å². The van der Waals surface area contributed by atoms with E-state index in [1.807, 2.05) is 11.3 Å². The Bertz CT molecular complexity index is 596. The van der Waals surface area contributed by atoms with Gasteiger partial charge in [-0.25, -0.2) is 0 Å².